The number of aromatic nitrogens is 2. The van der Waals surface area contributed by atoms with Crippen LogP contribution in [0, 0.1) is 24.1 Å². The number of benzene rings is 2. The van der Waals surface area contributed by atoms with Crippen molar-refractivity contribution in [2.75, 3.05) is 6.54 Å². The fraction of sp³-hybridized carbons (Fsp3) is 0.320. The first kappa shape index (κ1) is 20.4. The molecule has 1 aromatic heterocycles. The molecule has 2 atom stereocenters. The number of carbonyl (C=O) groups is 1. The zero-order chi connectivity index (χ0) is 22.6. The minimum Gasteiger partial charge on any atom is -0.390 e. The molecule has 1 N–H and O–H groups in total. The monoisotopic (exact) mass is 430 g/mol. The number of aliphatic hydroxyl groups is 1. The normalized spacial score (nSPS) is 19.4. The Kier molecular flexibility index (Phi) is 4.83. The number of nitrogens with zero attached hydrogens (tertiary/aromatic N) is 4. The average molecular weight is 430 g/mol. The van der Waals surface area contributed by atoms with Crippen molar-refractivity contribution in [3.63, 3.8) is 0 Å². The number of nitriles is 1. The highest BCUT2D eigenvalue weighted by Crippen LogP contribution is 2.40. The van der Waals surface area contributed by atoms with Gasteiger partial charge in [-0.2, -0.15) is 10.4 Å². The van der Waals surface area contributed by atoms with Crippen molar-refractivity contribution in [1.82, 2.24) is 14.7 Å². The summed E-state index contributed by atoms with van der Waals surface area (Å²) in [6.45, 7) is 4.38. The molecule has 0 radical (unpaired) electrons. The molecule has 0 saturated carbocycles. The predicted octanol–water partition coefficient (Wildman–Crippen LogP) is 3.28. The Balaban J connectivity index is 1.70. The first-order chi connectivity index (χ1) is 15.4. The molecular formula is C25H23FN4O2. The lowest BCUT2D eigenvalue weighted by Gasteiger charge is -2.28. The Morgan fingerprint density at radius 1 is 1.28 bits per heavy atom. The number of fused-ring (bicyclic) bond motifs is 2. The molecule has 3 aromatic rings. The Bertz CT molecular complexity index is 1290. The van der Waals surface area contributed by atoms with Gasteiger partial charge in [-0.25, -0.2) is 4.39 Å². The first-order valence-electron chi connectivity index (χ1n) is 10.7. The van der Waals surface area contributed by atoms with Crippen LogP contribution in [0.4, 0.5) is 4.39 Å². The van der Waals surface area contributed by atoms with Crippen LogP contribution >= 0.6 is 0 Å². The standard InChI is InChI=1S/C25H23FN4O2/c1-14-8-18(26)10-20-19(14)11-23(32)25(20)30-22-6-7-29(15(2)31)13-21(22)24(28-30)17-5-3-4-16(9-17)12-27/h3-5,8-10,23,25,32H,6-7,11,13H2,1-2H3/t23-,25+/m0/s1. The van der Waals surface area contributed by atoms with Crippen molar-refractivity contribution in [3.05, 3.63) is 75.7 Å². The fourth-order valence-corrected chi connectivity index (χ4v) is 5.08. The second-order valence-corrected chi connectivity index (χ2v) is 8.61. The summed E-state index contributed by atoms with van der Waals surface area (Å²) in [5.74, 6) is -0.338. The van der Waals surface area contributed by atoms with Crippen LogP contribution in [0.15, 0.2) is 36.4 Å². The van der Waals surface area contributed by atoms with E-state index < -0.39 is 12.1 Å². The number of carbonyl (C=O) groups excluding carboxylic acids is 1. The Labute approximate surface area is 185 Å². The van der Waals surface area contributed by atoms with E-state index in [0.717, 1.165) is 33.5 Å². The molecule has 1 aliphatic heterocycles. The van der Waals surface area contributed by atoms with Crippen LogP contribution in [0.5, 0.6) is 0 Å². The van der Waals surface area contributed by atoms with Crippen molar-refractivity contribution in [2.45, 2.75) is 45.4 Å². The molecule has 32 heavy (non-hydrogen) atoms. The lowest BCUT2D eigenvalue weighted by molar-refractivity contribution is -0.129. The fourth-order valence-electron chi connectivity index (χ4n) is 5.08. The maximum absolute atomic E-state index is 14.3. The highest BCUT2D eigenvalue weighted by Gasteiger charge is 2.38. The van der Waals surface area contributed by atoms with Crippen LogP contribution in [0.3, 0.4) is 0 Å². The SMILES string of the molecule is CC(=O)N1CCc2c(c(-c3cccc(C#N)c3)nn2[C@@H]2c3cc(F)cc(C)c3C[C@@H]2O)C1. The van der Waals surface area contributed by atoms with Crippen LogP contribution in [0.2, 0.25) is 0 Å². The Hall–Kier alpha value is -3.50. The third kappa shape index (κ3) is 3.19. The topological polar surface area (TPSA) is 82.2 Å². The van der Waals surface area contributed by atoms with Crippen LogP contribution in [-0.4, -0.2) is 38.3 Å². The van der Waals surface area contributed by atoms with E-state index in [0.29, 0.717) is 37.2 Å². The van der Waals surface area contributed by atoms with Gasteiger partial charge in [0.25, 0.3) is 0 Å². The van der Waals surface area contributed by atoms with Gasteiger partial charge in [0.05, 0.1) is 23.4 Å². The molecule has 6 nitrogen and oxygen atoms in total. The van der Waals surface area contributed by atoms with Crippen molar-refractivity contribution in [2.24, 2.45) is 0 Å². The lowest BCUT2D eigenvalue weighted by atomic mass is 9.99. The quantitative estimate of drug-likeness (QED) is 0.677. The summed E-state index contributed by atoms with van der Waals surface area (Å²) in [4.78, 5) is 13.9. The maximum atomic E-state index is 14.3. The minimum atomic E-state index is -0.723. The summed E-state index contributed by atoms with van der Waals surface area (Å²) in [7, 11) is 0. The van der Waals surface area contributed by atoms with Crippen molar-refractivity contribution >= 4 is 5.91 Å². The third-order valence-electron chi connectivity index (χ3n) is 6.63. The number of hydrogen-bond acceptors (Lipinski definition) is 4. The largest absolute Gasteiger partial charge is 0.390 e. The molecule has 0 unspecified atom stereocenters. The highest BCUT2D eigenvalue weighted by molar-refractivity contribution is 5.75. The molecule has 5 rings (SSSR count). The number of aryl methyl sites for hydroxylation is 1. The molecular weight excluding hydrogens is 407 g/mol. The van der Waals surface area contributed by atoms with Crippen LogP contribution in [-0.2, 0) is 24.2 Å². The van der Waals surface area contributed by atoms with Crippen LogP contribution in [0.1, 0.15) is 46.5 Å². The predicted molar refractivity (Wildman–Crippen MR) is 116 cm³/mol. The van der Waals surface area contributed by atoms with Crippen molar-refractivity contribution < 1.29 is 14.3 Å². The van der Waals surface area contributed by atoms with E-state index in [2.05, 4.69) is 6.07 Å². The smallest absolute Gasteiger partial charge is 0.219 e. The highest BCUT2D eigenvalue weighted by atomic mass is 19.1. The summed E-state index contributed by atoms with van der Waals surface area (Å²) in [5, 5.41) is 25.2. The number of hydrogen-bond donors (Lipinski definition) is 1. The maximum Gasteiger partial charge on any atom is 0.219 e. The van der Waals surface area contributed by atoms with Gasteiger partial charge in [0.2, 0.25) is 5.91 Å². The Morgan fingerprint density at radius 3 is 2.84 bits per heavy atom. The van der Waals surface area contributed by atoms with Gasteiger partial charge in [-0.05, 0) is 47.9 Å². The molecule has 1 aliphatic carbocycles. The molecule has 0 spiro atoms. The van der Waals surface area contributed by atoms with E-state index in [-0.39, 0.29) is 11.7 Å². The van der Waals surface area contributed by atoms with Crippen LogP contribution < -0.4 is 0 Å². The number of rotatable bonds is 2. The van der Waals surface area contributed by atoms with E-state index in [1.54, 1.807) is 24.0 Å². The second kappa shape index (κ2) is 7.57. The van der Waals surface area contributed by atoms with E-state index in [4.69, 9.17) is 5.10 Å². The molecule has 0 bridgehead atoms. The van der Waals surface area contributed by atoms with Gasteiger partial charge in [0, 0.05) is 49.7 Å². The van der Waals surface area contributed by atoms with Crippen LogP contribution in [0.25, 0.3) is 11.3 Å². The van der Waals surface area contributed by atoms with Gasteiger partial charge in [0.1, 0.15) is 11.9 Å². The van der Waals surface area contributed by atoms with E-state index in [1.165, 1.54) is 12.1 Å². The zero-order valence-electron chi connectivity index (χ0n) is 18.0. The molecule has 0 fully saturated rings. The first-order valence-corrected chi connectivity index (χ1v) is 10.7. The van der Waals surface area contributed by atoms with Gasteiger partial charge >= 0.3 is 0 Å². The number of aliphatic hydroxyl groups excluding tert-OH is 1. The summed E-state index contributed by atoms with van der Waals surface area (Å²) < 4.78 is 16.1. The average Bonchev–Trinajstić information content (AvgIpc) is 3.30. The second-order valence-electron chi connectivity index (χ2n) is 8.61. The van der Waals surface area contributed by atoms with Gasteiger partial charge in [0.15, 0.2) is 0 Å². The van der Waals surface area contributed by atoms with Gasteiger partial charge < -0.3 is 10.0 Å². The molecule has 1 amide bonds. The number of amides is 1. The summed E-state index contributed by atoms with van der Waals surface area (Å²) in [6, 6.07) is 11.9. The molecule has 2 aliphatic rings. The van der Waals surface area contributed by atoms with Crippen molar-refractivity contribution in [3.8, 4) is 17.3 Å². The van der Waals surface area contributed by atoms with Gasteiger partial charge in [-0.1, -0.05) is 12.1 Å². The summed E-state index contributed by atoms with van der Waals surface area (Å²) >= 11 is 0. The molecule has 2 aromatic carbocycles. The molecule has 2 heterocycles. The minimum absolute atomic E-state index is 0.0101. The molecule has 162 valence electrons. The number of halogens is 1. The van der Waals surface area contributed by atoms with Gasteiger partial charge in [-0.15, -0.1) is 0 Å². The third-order valence-corrected chi connectivity index (χ3v) is 6.63. The van der Waals surface area contributed by atoms with E-state index in [9.17, 15) is 19.6 Å². The lowest BCUT2D eigenvalue weighted by Crippen LogP contribution is -2.35. The van der Waals surface area contributed by atoms with Gasteiger partial charge in [-0.3, -0.25) is 9.48 Å². The van der Waals surface area contributed by atoms with Crippen molar-refractivity contribution in [1.29, 1.82) is 5.26 Å². The summed E-state index contributed by atoms with van der Waals surface area (Å²) in [5.41, 5.74) is 6.40. The van der Waals surface area contributed by atoms with E-state index >= 15 is 0 Å². The Morgan fingerprint density at radius 2 is 2.09 bits per heavy atom. The molecule has 0 saturated heterocycles. The molecule has 7 heteroatoms. The zero-order valence-corrected chi connectivity index (χ0v) is 18.0. The summed E-state index contributed by atoms with van der Waals surface area (Å²) in [6.07, 6.45) is 0.311. The van der Waals surface area contributed by atoms with E-state index in [1.807, 2.05) is 23.7 Å².